The number of fused-ring (bicyclic) bond motifs is 1. The first-order valence-corrected chi connectivity index (χ1v) is 11.0. The van der Waals surface area contributed by atoms with E-state index >= 15 is 0 Å². The zero-order chi connectivity index (χ0) is 20.6. The molecule has 2 unspecified atom stereocenters. The van der Waals surface area contributed by atoms with Gasteiger partial charge in [-0.2, -0.15) is 0 Å². The molecule has 2 heterocycles. The lowest BCUT2D eigenvalue weighted by Gasteiger charge is -2.47. The van der Waals surface area contributed by atoms with Gasteiger partial charge in [0.1, 0.15) is 9.88 Å². The molecular formula is C22H28N2O4S. The van der Waals surface area contributed by atoms with Crippen LogP contribution in [0, 0.1) is 12.8 Å². The summed E-state index contributed by atoms with van der Waals surface area (Å²) < 4.78 is 10.7. The molecule has 2 fully saturated rings. The molecule has 1 amide bonds. The van der Waals surface area contributed by atoms with Crippen LogP contribution < -0.4 is 9.47 Å². The van der Waals surface area contributed by atoms with Crippen LogP contribution in [-0.4, -0.2) is 53.8 Å². The van der Waals surface area contributed by atoms with Crippen molar-refractivity contribution in [2.75, 3.05) is 27.3 Å². The lowest BCUT2D eigenvalue weighted by atomic mass is 9.71. The summed E-state index contributed by atoms with van der Waals surface area (Å²) in [6.07, 6.45) is 4.76. The normalized spacial score (nSPS) is 24.1. The molecule has 156 valence electrons. The van der Waals surface area contributed by atoms with Crippen molar-refractivity contribution in [3.05, 3.63) is 28.8 Å². The molecule has 2 aliphatic rings. The van der Waals surface area contributed by atoms with Crippen LogP contribution in [0.2, 0.25) is 0 Å². The van der Waals surface area contributed by atoms with Crippen LogP contribution >= 0.6 is 11.3 Å². The van der Waals surface area contributed by atoms with Crippen LogP contribution in [0.25, 0.3) is 10.6 Å². The van der Waals surface area contributed by atoms with E-state index in [4.69, 9.17) is 9.47 Å². The minimum atomic E-state index is -0.581. The zero-order valence-corrected chi connectivity index (χ0v) is 18.1. The van der Waals surface area contributed by atoms with Crippen molar-refractivity contribution in [2.45, 2.75) is 44.6 Å². The molecule has 1 N–H and O–H groups in total. The Bertz CT molecular complexity index is 912. The van der Waals surface area contributed by atoms with E-state index in [0.29, 0.717) is 35.9 Å². The molecule has 1 saturated heterocycles. The van der Waals surface area contributed by atoms with Gasteiger partial charge in [0.25, 0.3) is 5.91 Å². The number of rotatable bonds is 4. The van der Waals surface area contributed by atoms with E-state index in [1.165, 1.54) is 11.3 Å². The monoisotopic (exact) mass is 416 g/mol. The van der Waals surface area contributed by atoms with E-state index in [1.807, 2.05) is 30.0 Å². The molecule has 29 heavy (non-hydrogen) atoms. The van der Waals surface area contributed by atoms with E-state index in [2.05, 4.69) is 4.98 Å². The Hall–Kier alpha value is -2.12. The lowest BCUT2D eigenvalue weighted by molar-refractivity contribution is -0.0885. The van der Waals surface area contributed by atoms with E-state index in [0.717, 1.165) is 41.9 Å². The first-order valence-electron chi connectivity index (χ1n) is 10.2. The third-order valence-electron chi connectivity index (χ3n) is 6.34. The average molecular weight is 417 g/mol. The van der Waals surface area contributed by atoms with Crippen molar-refractivity contribution in [2.24, 2.45) is 5.92 Å². The Kier molecular flexibility index (Phi) is 5.53. The zero-order valence-electron chi connectivity index (χ0n) is 17.2. The molecule has 7 heteroatoms. The van der Waals surface area contributed by atoms with Crippen molar-refractivity contribution < 1.29 is 19.4 Å². The fourth-order valence-electron chi connectivity index (χ4n) is 4.59. The molecule has 0 bridgehead atoms. The second kappa shape index (κ2) is 7.95. The summed E-state index contributed by atoms with van der Waals surface area (Å²) in [6.45, 7) is 3.13. The second-order valence-corrected chi connectivity index (χ2v) is 9.05. The smallest absolute Gasteiger partial charge is 0.265 e. The van der Waals surface area contributed by atoms with Crippen LogP contribution in [0.1, 0.15) is 47.5 Å². The van der Waals surface area contributed by atoms with Gasteiger partial charge in [-0.3, -0.25) is 4.79 Å². The maximum atomic E-state index is 13.2. The second-order valence-electron chi connectivity index (χ2n) is 8.05. The minimum absolute atomic E-state index is 0.0272. The Morgan fingerprint density at radius 2 is 2.03 bits per heavy atom. The number of piperidine rings is 1. The Labute approximate surface area is 175 Å². The summed E-state index contributed by atoms with van der Waals surface area (Å²) in [5, 5.41) is 11.7. The van der Waals surface area contributed by atoms with E-state index in [9.17, 15) is 9.90 Å². The van der Waals surface area contributed by atoms with Crippen molar-refractivity contribution >= 4 is 17.2 Å². The topological polar surface area (TPSA) is 71.9 Å². The third kappa shape index (κ3) is 3.73. The van der Waals surface area contributed by atoms with Gasteiger partial charge >= 0.3 is 0 Å². The van der Waals surface area contributed by atoms with Gasteiger partial charge in [0.15, 0.2) is 11.5 Å². The van der Waals surface area contributed by atoms with Crippen LogP contribution in [0.3, 0.4) is 0 Å². The van der Waals surface area contributed by atoms with Gasteiger partial charge in [-0.15, -0.1) is 11.3 Å². The molecular weight excluding hydrogens is 388 g/mol. The van der Waals surface area contributed by atoms with Crippen LogP contribution in [0.5, 0.6) is 11.5 Å². The molecule has 1 aromatic heterocycles. The first kappa shape index (κ1) is 20.2. The number of likely N-dealkylation sites (tertiary alicyclic amines) is 1. The van der Waals surface area contributed by atoms with Crippen molar-refractivity contribution in [3.63, 3.8) is 0 Å². The summed E-state index contributed by atoms with van der Waals surface area (Å²) in [5.41, 5.74) is 1.06. The molecule has 2 aromatic rings. The maximum absolute atomic E-state index is 13.2. The summed E-state index contributed by atoms with van der Waals surface area (Å²) in [5.74, 6) is 1.51. The summed E-state index contributed by atoms with van der Waals surface area (Å²) in [6, 6.07) is 5.66. The number of ether oxygens (including phenoxy) is 2. The molecule has 1 aromatic carbocycles. The summed E-state index contributed by atoms with van der Waals surface area (Å²) >= 11 is 1.41. The lowest BCUT2D eigenvalue weighted by Crippen LogP contribution is -2.54. The SMILES string of the molecule is COc1ccc(-c2nc(C)c(C(=O)N3CCC4(O)CCCCC4C3)s2)cc1OC. The van der Waals surface area contributed by atoms with Gasteiger partial charge in [0, 0.05) is 24.6 Å². The molecule has 4 rings (SSSR count). The number of aliphatic hydroxyl groups is 1. The van der Waals surface area contributed by atoms with Crippen LogP contribution in [0.15, 0.2) is 18.2 Å². The highest BCUT2D eigenvalue weighted by atomic mass is 32.1. The summed E-state index contributed by atoms with van der Waals surface area (Å²) in [4.78, 5) is 20.5. The predicted molar refractivity (Wildman–Crippen MR) is 113 cm³/mol. The highest BCUT2D eigenvalue weighted by Gasteiger charge is 2.44. The van der Waals surface area contributed by atoms with Gasteiger partial charge in [-0.25, -0.2) is 4.98 Å². The predicted octanol–water partition coefficient (Wildman–Crippen LogP) is 3.90. The standard InChI is InChI=1S/C22H28N2O4S/c1-14-19(21(25)24-11-10-22(26)9-5-4-6-16(22)13-24)29-20(23-14)15-7-8-17(27-2)18(12-15)28-3/h7-8,12,16,26H,4-6,9-11,13H2,1-3H3. The first-order chi connectivity index (χ1) is 13.9. The van der Waals surface area contributed by atoms with Crippen molar-refractivity contribution in [1.82, 2.24) is 9.88 Å². The van der Waals surface area contributed by atoms with E-state index < -0.39 is 5.60 Å². The van der Waals surface area contributed by atoms with E-state index in [1.54, 1.807) is 14.2 Å². The highest BCUT2D eigenvalue weighted by molar-refractivity contribution is 7.17. The average Bonchev–Trinajstić information content (AvgIpc) is 3.13. The number of hydrogen-bond acceptors (Lipinski definition) is 6. The number of hydrogen-bond donors (Lipinski definition) is 1. The number of carbonyl (C=O) groups excluding carboxylic acids is 1. The van der Waals surface area contributed by atoms with Gasteiger partial charge < -0.3 is 19.5 Å². The molecule has 1 aliphatic carbocycles. The molecule has 6 nitrogen and oxygen atoms in total. The van der Waals surface area contributed by atoms with Gasteiger partial charge in [0.2, 0.25) is 0 Å². The number of aryl methyl sites for hydroxylation is 1. The Morgan fingerprint density at radius 3 is 2.79 bits per heavy atom. The number of nitrogens with zero attached hydrogens (tertiary/aromatic N) is 2. The molecule has 1 aliphatic heterocycles. The van der Waals surface area contributed by atoms with E-state index in [-0.39, 0.29) is 11.8 Å². The number of carbonyl (C=O) groups is 1. The largest absolute Gasteiger partial charge is 0.493 e. The Morgan fingerprint density at radius 1 is 1.24 bits per heavy atom. The molecule has 1 saturated carbocycles. The number of benzene rings is 1. The molecule has 0 spiro atoms. The number of aromatic nitrogens is 1. The number of thiazole rings is 1. The van der Waals surface area contributed by atoms with Crippen molar-refractivity contribution in [3.8, 4) is 22.1 Å². The maximum Gasteiger partial charge on any atom is 0.265 e. The van der Waals surface area contributed by atoms with Crippen LogP contribution in [-0.2, 0) is 0 Å². The minimum Gasteiger partial charge on any atom is -0.493 e. The summed E-state index contributed by atoms with van der Waals surface area (Å²) in [7, 11) is 3.21. The highest BCUT2D eigenvalue weighted by Crippen LogP contribution is 2.41. The van der Waals surface area contributed by atoms with Gasteiger partial charge in [-0.05, 0) is 44.4 Å². The van der Waals surface area contributed by atoms with Crippen LogP contribution in [0.4, 0.5) is 0 Å². The van der Waals surface area contributed by atoms with Gasteiger partial charge in [0.05, 0.1) is 25.5 Å². The van der Waals surface area contributed by atoms with Crippen molar-refractivity contribution in [1.29, 1.82) is 0 Å². The third-order valence-corrected chi connectivity index (χ3v) is 7.53. The Balaban J connectivity index is 1.56. The van der Waals surface area contributed by atoms with Gasteiger partial charge in [-0.1, -0.05) is 12.8 Å². The molecule has 2 atom stereocenters. The number of methoxy groups -OCH3 is 2. The molecule has 0 radical (unpaired) electrons. The quantitative estimate of drug-likeness (QED) is 0.818. The fraction of sp³-hybridized carbons (Fsp3) is 0.545. The number of amides is 1. The fourth-order valence-corrected chi connectivity index (χ4v) is 5.62.